The second-order valence-corrected chi connectivity index (χ2v) is 4.85. The summed E-state index contributed by atoms with van der Waals surface area (Å²) in [5.41, 5.74) is 2.20. The van der Waals surface area contributed by atoms with Crippen LogP contribution in [0.3, 0.4) is 0 Å². The molecule has 1 aliphatic rings. The van der Waals surface area contributed by atoms with Crippen LogP contribution in [0.4, 0.5) is 0 Å². The number of allylic oxidation sites excluding steroid dienone is 1. The first-order valence-corrected chi connectivity index (χ1v) is 7.15. The molecule has 0 aliphatic carbocycles. The largest absolute Gasteiger partial charge is 0.493 e. The second-order valence-electron chi connectivity index (χ2n) is 4.85. The maximum absolute atomic E-state index is 5.44. The highest BCUT2D eigenvalue weighted by atomic mass is 127. The molecule has 1 aliphatic heterocycles. The first-order chi connectivity index (χ1) is 10.3. The number of hydrogen-bond donors (Lipinski definition) is 2. The lowest BCUT2D eigenvalue weighted by Gasteiger charge is -2.18. The zero-order valence-electron chi connectivity index (χ0n) is 13.1. The quantitative estimate of drug-likeness (QED) is 0.552. The number of methoxy groups -OCH3 is 2. The number of benzene rings is 1. The van der Waals surface area contributed by atoms with Crippen LogP contribution < -0.4 is 20.1 Å². The van der Waals surface area contributed by atoms with Crippen molar-refractivity contribution in [3.8, 4) is 11.5 Å². The molecule has 0 saturated carbocycles. The van der Waals surface area contributed by atoms with E-state index in [1.165, 1.54) is 0 Å². The van der Waals surface area contributed by atoms with Crippen molar-refractivity contribution in [1.29, 1.82) is 0 Å². The molecule has 0 atom stereocenters. The SMILES string of the molecule is C=CCc1cc(CNC2=NCCCN2)cc(OC)c1OC.I. The normalized spacial score (nSPS) is 13.3. The van der Waals surface area contributed by atoms with Crippen LogP contribution in [-0.2, 0) is 13.0 Å². The number of ether oxygens (including phenoxy) is 2. The fourth-order valence-corrected chi connectivity index (χ4v) is 2.35. The Bertz CT molecular complexity index is 532. The maximum atomic E-state index is 5.44. The molecular formula is C16H24IN3O2. The van der Waals surface area contributed by atoms with Crippen molar-refractivity contribution < 1.29 is 9.47 Å². The van der Waals surface area contributed by atoms with E-state index in [1.807, 2.05) is 12.1 Å². The van der Waals surface area contributed by atoms with Crippen LogP contribution in [-0.4, -0.2) is 33.3 Å². The molecule has 0 radical (unpaired) electrons. The van der Waals surface area contributed by atoms with Gasteiger partial charge in [-0.1, -0.05) is 6.08 Å². The van der Waals surface area contributed by atoms with E-state index in [9.17, 15) is 0 Å². The first-order valence-electron chi connectivity index (χ1n) is 7.15. The van der Waals surface area contributed by atoms with Gasteiger partial charge in [0, 0.05) is 25.2 Å². The monoisotopic (exact) mass is 417 g/mol. The summed E-state index contributed by atoms with van der Waals surface area (Å²) in [6.45, 7) is 6.34. The Kier molecular flexibility index (Phi) is 8.08. The van der Waals surface area contributed by atoms with Crippen molar-refractivity contribution in [2.24, 2.45) is 4.99 Å². The molecule has 0 bridgehead atoms. The molecule has 1 aromatic carbocycles. The minimum Gasteiger partial charge on any atom is -0.493 e. The molecule has 1 aromatic rings. The molecule has 122 valence electrons. The van der Waals surface area contributed by atoms with Gasteiger partial charge in [0.2, 0.25) is 0 Å². The Labute approximate surface area is 149 Å². The third-order valence-corrected chi connectivity index (χ3v) is 3.34. The van der Waals surface area contributed by atoms with Crippen molar-refractivity contribution in [1.82, 2.24) is 10.6 Å². The maximum Gasteiger partial charge on any atom is 0.191 e. The average molecular weight is 417 g/mol. The number of hydrogen-bond acceptors (Lipinski definition) is 5. The van der Waals surface area contributed by atoms with Crippen molar-refractivity contribution in [3.63, 3.8) is 0 Å². The fourth-order valence-electron chi connectivity index (χ4n) is 2.35. The zero-order valence-corrected chi connectivity index (χ0v) is 15.5. The molecule has 6 heteroatoms. The van der Waals surface area contributed by atoms with Crippen molar-refractivity contribution in [2.45, 2.75) is 19.4 Å². The van der Waals surface area contributed by atoms with Gasteiger partial charge in [0.1, 0.15) is 0 Å². The molecular weight excluding hydrogens is 393 g/mol. The van der Waals surface area contributed by atoms with Gasteiger partial charge in [-0.2, -0.15) is 0 Å². The topological polar surface area (TPSA) is 54.9 Å². The van der Waals surface area contributed by atoms with Crippen LogP contribution >= 0.6 is 24.0 Å². The van der Waals surface area contributed by atoms with Crippen molar-refractivity contribution in [2.75, 3.05) is 27.3 Å². The van der Waals surface area contributed by atoms with Gasteiger partial charge in [0.15, 0.2) is 17.5 Å². The number of nitrogens with zero attached hydrogens (tertiary/aromatic N) is 1. The highest BCUT2D eigenvalue weighted by Gasteiger charge is 2.12. The molecule has 1 heterocycles. The van der Waals surface area contributed by atoms with Crippen LogP contribution in [0.15, 0.2) is 29.8 Å². The minimum absolute atomic E-state index is 0. The highest BCUT2D eigenvalue weighted by molar-refractivity contribution is 14.0. The second kappa shape index (κ2) is 9.55. The number of guanidine groups is 1. The van der Waals surface area contributed by atoms with Gasteiger partial charge < -0.3 is 20.1 Å². The van der Waals surface area contributed by atoms with E-state index in [0.717, 1.165) is 54.5 Å². The van der Waals surface area contributed by atoms with Gasteiger partial charge in [-0.3, -0.25) is 4.99 Å². The molecule has 0 saturated heterocycles. The molecule has 0 fully saturated rings. The molecule has 22 heavy (non-hydrogen) atoms. The predicted molar refractivity (Wildman–Crippen MR) is 101 cm³/mol. The van der Waals surface area contributed by atoms with Crippen LogP contribution in [0.1, 0.15) is 17.5 Å². The summed E-state index contributed by atoms with van der Waals surface area (Å²) in [7, 11) is 3.31. The highest BCUT2D eigenvalue weighted by Crippen LogP contribution is 2.33. The van der Waals surface area contributed by atoms with Crippen molar-refractivity contribution >= 4 is 29.9 Å². The smallest absolute Gasteiger partial charge is 0.191 e. The van der Waals surface area contributed by atoms with Crippen LogP contribution in [0, 0.1) is 0 Å². The molecule has 5 nitrogen and oxygen atoms in total. The lowest BCUT2D eigenvalue weighted by Crippen LogP contribution is -2.40. The Hall–Kier alpha value is -1.44. The Morgan fingerprint density at radius 2 is 2.18 bits per heavy atom. The Morgan fingerprint density at radius 1 is 1.36 bits per heavy atom. The molecule has 0 spiro atoms. The number of aliphatic imine (C=N–C) groups is 1. The summed E-state index contributed by atoms with van der Waals surface area (Å²) in [6, 6.07) is 4.10. The van der Waals surface area contributed by atoms with Gasteiger partial charge in [-0.05, 0) is 30.5 Å². The van der Waals surface area contributed by atoms with Gasteiger partial charge >= 0.3 is 0 Å². The number of nitrogens with one attached hydrogen (secondary N) is 2. The van der Waals surface area contributed by atoms with Crippen molar-refractivity contribution in [3.05, 3.63) is 35.9 Å². The number of halogens is 1. The predicted octanol–water partition coefficient (Wildman–Crippen LogP) is 2.49. The Balaban J connectivity index is 0.00000242. The third-order valence-electron chi connectivity index (χ3n) is 3.34. The molecule has 0 aromatic heterocycles. The lowest BCUT2D eigenvalue weighted by atomic mass is 10.1. The summed E-state index contributed by atoms with van der Waals surface area (Å²) in [4.78, 5) is 4.40. The van der Waals surface area contributed by atoms with Gasteiger partial charge in [0.25, 0.3) is 0 Å². The lowest BCUT2D eigenvalue weighted by molar-refractivity contribution is 0.352. The summed E-state index contributed by atoms with van der Waals surface area (Å²) in [5, 5.41) is 6.56. The Morgan fingerprint density at radius 3 is 2.77 bits per heavy atom. The van der Waals surface area contributed by atoms with Gasteiger partial charge in [-0.15, -0.1) is 30.6 Å². The zero-order chi connectivity index (χ0) is 15.1. The van der Waals surface area contributed by atoms with Gasteiger partial charge in [-0.25, -0.2) is 0 Å². The number of rotatable bonds is 6. The van der Waals surface area contributed by atoms with Gasteiger partial charge in [0.05, 0.1) is 14.2 Å². The molecule has 0 amide bonds. The third kappa shape index (κ3) is 4.79. The van der Waals surface area contributed by atoms with E-state index < -0.39 is 0 Å². The fraction of sp³-hybridized carbons (Fsp3) is 0.438. The minimum atomic E-state index is 0. The summed E-state index contributed by atoms with van der Waals surface area (Å²) >= 11 is 0. The van der Waals surface area contributed by atoms with Crippen LogP contribution in [0.2, 0.25) is 0 Å². The van der Waals surface area contributed by atoms with E-state index in [-0.39, 0.29) is 24.0 Å². The first kappa shape index (κ1) is 18.6. The molecule has 2 N–H and O–H groups in total. The average Bonchev–Trinajstić information content (AvgIpc) is 2.53. The molecule has 0 unspecified atom stereocenters. The van der Waals surface area contributed by atoms with Crippen LogP contribution in [0.25, 0.3) is 0 Å². The summed E-state index contributed by atoms with van der Waals surface area (Å²) in [5.74, 6) is 2.38. The van der Waals surface area contributed by atoms with E-state index in [1.54, 1.807) is 14.2 Å². The standard InChI is InChI=1S/C16H23N3O2.HI/c1-4-6-13-9-12(10-14(20-2)15(13)21-3)11-19-16-17-7-5-8-18-16;/h4,9-10H,1,5-8,11H2,2-3H3,(H2,17,18,19);1H. The van der Waals surface area contributed by atoms with E-state index >= 15 is 0 Å². The summed E-state index contributed by atoms with van der Waals surface area (Å²) < 4.78 is 10.9. The van der Waals surface area contributed by atoms with Crippen LogP contribution in [0.5, 0.6) is 11.5 Å². The summed E-state index contributed by atoms with van der Waals surface area (Å²) in [6.07, 6.45) is 3.69. The van der Waals surface area contributed by atoms with E-state index in [4.69, 9.17) is 9.47 Å². The van der Waals surface area contributed by atoms with E-state index in [0.29, 0.717) is 6.54 Å². The van der Waals surface area contributed by atoms with E-state index in [2.05, 4.69) is 28.3 Å². The molecule has 2 rings (SSSR count).